The third-order valence-corrected chi connectivity index (χ3v) is 3.19. The molecular formula is C15H23N3OS. The smallest absolute Gasteiger partial charge is 0.226 e. The molecule has 0 aliphatic carbocycles. The lowest BCUT2D eigenvalue weighted by Gasteiger charge is -2.21. The number of hydrogen-bond donors (Lipinski definition) is 2. The maximum absolute atomic E-state index is 11.4. The Morgan fingerprint density at radius 2 is 1.75 bits per heavy atom. The Balaban J connectivity index is 2.57. The summed E-state index contributed by atoms with van der Waals surface area (Å²) in [5, 5.41) is 6.02. The van der Waals surface area contributed by atoms with Crippen molar-refractivity contribution in [3.8, 4) is 0 Å². The van der Waals surface area contributed by atoms with Gasteiger partial charge in [0, 0.05) is 30.9 Å². The van der Waals surface area contributed by atoms with Gasteiger partial charge in [0.2, 0.25) is 5.91 Å². The third kappa shape index (κ3) is 5.17. The highest BCUT2D eigenvalue weighted by Gasteiger charge is 2.05. The van der Waals surface area contributed by atoms with Crippen molar-refractivity contribution in [1.82, 2.24) is 5.32 Å². The fourth-order valence-electron chi connectivity index (χ4n) is 1.92. The van der Waals surface area contributed by atoms with Crippen LogP contribution in [0.4, 0.5) is 11.4 Å². The molecule has 0 spiro atoms. The second-order valence-corrected chi connectivity index (χ2v) is 4.88. The van der Waals surface area contributed by atoms with Gasteiger partial charge in [-0.3, -0.25) is 4.79 Å². The maximum Gasteiger partial charge on any atom is 0.226 e. The minimum atomic E-state index is -0.0511. The van der Waals surface area contributed by atoms with E-state index in [4.69, 9.17) is 12.2 Å². The summed E-state index contributed by atoms with van der Waals surface area (Å²) in [7, 11) is 0. The monoisotopic (exact) mass is 293 g/mol. The predicted molar refractivity (Wildman–Crippen MR) is 89.3 cm³/mol. The minimum absolute atomic E-state index is 0.0511. The third-order valence-electron chi connectivity index (χ3n) is 2.98. The lowest BCUT2D eigenvalue weighted by molar-refractivity contribution is -0.119. The number of nitrogens with one attached hydrogen (secondary N) is 2. The second-order valence-electron chi connectivity index (χ2n) is 4.47. The molecule has 1 rings (SSSR count). The van der Waals surface area contributed by atoms with Gasteiger partial charge in [-0.15, -0.1) is 0 Å². The van der Waals surface area contributed by atoms with E-state index in [0.29, 0.717) is 11.5 Å². The van der Waals surface area contributed by atoms with Crippen LogP contribution < -0.4 is 15.5 Å². The molecule has 0 fully saturated rings. The molecule has 1 amide bonds. The van der Waals surface area contributed by atoms with E-state index in [1.54, 1.807) is 0 Å². The van der Waals surface area contributed by atoms with Crippen molar-refractivity contribution in [3.63, 3.8) is 0 Å². The van der Waals surface area contributed by atoms with Crippen LogP contribution in [-0.4, -0.2) is 24.1 Å². The molecule has 110 valence electrons. The molecule has 0 aliphatic heterocycles. The average Bonchev–Trinajstić information content (AvgIpc) is 2.42. The zero-order valence-electron chi connectivity index (χ0n) is 12.4. The number of hydrogen-bond acceptors (Lipinski definition) is 3. The van der Waals surface area contributed by atoms with Crippen molar-refractivity contribution < 1.29 is 4.79 Å². The van der Waals surface area contributed by atoms with E-state index in [1.807, 2.05) is 31.2 Å². The summed E-state index contributed by atoms with van der Waals surface area (Å²) in [4.78, 5) is 13.7. The summed E-state index contributed by atoms with van der Waals surface area (Å²) in [5.74, 6) is -0.0511. The normalized spacial score (nSPS) is 9.95. The van der Waals surface area contributed by atoms with E-state index in [-0.39, 0.29) is 5.91 Å². The summed E-state index contributed by atoms with van der Waals surface area (Å²) < 4.78 is 0. The van der Waals surface area contributed by atoms with E-state index in [1.165, 1.54) is 5.69 Å². The van der Waals surface area contributed by atoms with Gasteiger partial charge in [0.1, 0.15) is 0 Å². The van der Waals surface area contributed by atoms with Crippen LogP contribution in [0, 0.1) is 0 Å². The molecule has 0 saturated carbocycles. The Bertz CT molecular complexity index is 441. The highest BCUT2D eigenvalue weighted by Crippen LogP contribution is 2.17. The molecule has 4 nitrogen and oxygen atoms in total. The quantitative estimate of drug-likeness (QED) is 0.791. The molecule has 2 N–H and O–H groups in total. The van der Waals surface area contributed by atoms with Gasteiger partial charge in [0.15, 0.2) is 5.11 Å². The molecule has 0 bridgehead atoms. The van der Waals surface area contributed by atoms with Crippen LogP contribution >= 0.6 is 12.2 Å². The topological polar surface area (TPSA) is 44.4 Å². The number of benzene rings is 1. The van der Waals surface area contributed by atoms with Gasteiger partial charge in [0.05, 0.1) is 0 Å². The molecule has 0 heterocycles. The lowest BCUT2D eigenvalue weighted by atomic mass is 10.2. The molecule has 0 aliphatic rings. The first-order valence-corrected chi connectivity index (χ1v) is 7.47. The standard InChI is InChI=1S/C15H23N3OS/c1-4-7-14(19)17-15(20)16-12-8-10-13(11-9-12)18(5-2)6-3/h8-11H,4-7H2,1-3H3,(H2,16,17,19,20). The SMILES string of the molecule is CCCC(=O)NC(=S)Nc1ccc(N(CC)CC)cc1. The summed E-state index contributed by atoms with van der Waals surface area (Å²) in [5.41, 5.74) is 2.06. The summed E-state index contributed by atoms with van der Waals surface area (Å²) in [6.07, 6.45) is 1.30. The molecule has 5 heteroatoms. The lowest BCUT2D eigenvalue weighted by Crippen LogP contribution is -2.33. The van der Waals surface area contributed by atoms with Crippen LogP contribution in [0.5, 0.6) is 0 Å². The highest BCUT2D eigenvalue weighted by molar-refractivity contribution is 7.80. The molecule has 1 aromatic carbocycles. The largest absolute Gasteiger partial charge is 0.372 e. The predicted octanol–water partition coefficient (Wildman–Crippen LogP) is 3.15. The van der Waals surface area contributed by atoms with Gasteiger partial charge in [-0.25, -0.2) is 0 Å². The van der Waals surface area contributed by atoms with Gasteiger partial charge in [-0.1, -0.05) is 6.92 Å². The maximum atomic E-state index is 11.4. The Morgan fingerprint density at radius 1 is 1.15 bits per heavy atom. The number of rotatable bonds is 6. The number of carbonyl (C=O) groups excluding carboxylic acids is 1. The first-order chi connectivity index (χ1) is 9.60. The molecule has 0 saturated heterocycles. The van der Waals surface area contributed by atoms with Gasteiger partial charge >= 0.3 is 0 Å². The number of carbonyl (C=O) groups is 1. The van der Waals surface area contributed by atoms with Crippen LogP contribution in [-0.2, 0) is 4.79 Å². The minimum Gasteiger partial charge on any atom is -0.372 e. The summed E-state index contributed by atoms with van der Waals surface area (Å²) in [6.45, 7) is 8.19. The average molecular weight is 293 g/mol. The first kappa shape index (κ1) is 16.4. The van der Waals surface area contributed by atoms with Crippen LogP contribution in [0.15, 0.2) is 24.3 Å². The Kier molecular flexibility index (Phi) is 7.01. The van der Waals surface area contributed by atoms with Crippen molar-refractivity contribution in [2.45, 2.75) is 33.6 Å². The Hall–Kier alpha value is -1.62. The van der Waals surface area contributed by atoms with Gasteiger partial charge in [-0.05, 0) is 56.8 Å². The Labute approximate surface area is 126 Å². The van der Waals surface area contributed by atoms with Gasteiger partial charge < -0.3 is 15.5 Å². The van der Waals surface area contributed by atoms with E-state index in [2.05, 4.69) is 29.4 Å². The fourth-order valence-corrected chi connectivity index (χ4v) is 2.15. The highest BCUT2D eigenvalue weighted by atomic mass is 32.1. The van der Waals surface area contributed by atoms with Gasteiger partial charge in [0.25, 0.3) is 0 Å². The van der Waals surface area contributed by atoms with Crippen molar-refractivity contribution in [2.75, 3.05) is 23.3 Å². The van der Waals surface area contributed by atoms with E-state index < -0.39 is 0 Å². The van der Waals surface area contributed by atoms with E-state index in [9.17, 15) is 4.79 Å². The first-order valence-electron chi connectivity index (χ1n) is 7.06. The van der Waals surface area contributed by atoms with Crippen LogP contribution in [0.2, 0.25) is 0 Å². The molecule has 1 aromatic rings. The van der Waals surface area contributed by atoms with Crippen LogP contribution in [0.3, 0.4) is 0 Å². The molecular weight excluding hydrogens is 270 g/mol. The number of anilines is 2. The van der Waals surface area contributed by atoms with Crippen LogP contribution in [0.1, 0.15) is 33.6 Å². The summed E-state index contributed by atoms with van der Waals surface area (Å²) in [6, 6.07) is 8.02. The van der Waals surface area contributed by atoms with Crippen molar-refractivity contribution in [3.05, 3.63) is 24.3 Å². The van der Waals surface area contributed by atoms with Gasteiger partial charge in [-0.2, -0.15) is 0 Å². The van der Waals surface area contributed by atoms with E-state index >= 15 is 0 Å². The second kappa shape index (κ2) is 8.53. The summed E-state index contributed by atoms with van der Waals surface area (Å²) >= 11 is 5.10. The molecule has 0 aromatic heterocycles. The number of thiocarbonyl (C=S) groups is 1. The number of nitrogens with zero attached hydrogens (tertiary/aromatic N) is 1. The number of amides is 1. The fraction of sp³-hybridized carbons (Fsp3) is 0.467. The zero-order chi connectivity index (χ0) is 15.0. The van der Waals surface area contributed by atoms with Crippen molar-refractivity contribution in [1.29, 1.82) is 0 Å². The molecule has 0 radical (unpaired) electrons. The zero-order valence-corrected chi connectivity index (χ0v) is 13.2. The van der Waals surface area contributed by atoms with Crippen LogP contribution in [0.25, 0.3) is 0 Å². The molecule has 0 unspecified atom stereocenters. The molecule has 0 atom stereocenters. The molecule has 20 heavy (non-hydrogen) atoms. The van der Waals surface area contributed by atoms with Crippen molar-refractivity contribution in [2.24, 2.45) is 0 Å². The van der Waals surface area contributed by atoms with E-state index in [0.717, 1.165) is 25.2 Å². The Morgan fingerprint density at radius 3 is 2.25 bits per heavy atom. The van der Waals surface area contributed by atoms with Crippen molar-refractivity contribution >= 4 is 34.6 Å².